The largest absolute Gasteiger partial charge is 0.0654 e. The molecule has 0 bridgehead atoms. The molecule has 0 spiro atoms. The molecule has 0 aromatic carbocycles. The maximum Gasteiger partial charge on any atom is -0.0533 e. The van der Waals surface area contributed by atoms with Crippen LogP contribution in [0.3, 0.4) is 0 Å². The first-order valence-corrected chi connectivity index (χ1v) is 8.83. The second kappa shape index (κ2) is 22.2. The molecule has 0 aromatic rings. The molecule has 0 rings (SSSR count). The Labute approximate surface area is 118 Å². The van der Waals surface area contributed by atoms with Gasteiger partial charge in [-0.25, -0.2) is 0 Å². The fraction of sp³-hybridized carbons (Fsp3) is 1.00. The third-order valence-corrected chi connectivity index (χ3v) is 3.41. The van der Waals surface area contributed by atoms with Crippen molar-refractivity contribution in [2.75, 3.05) is 0 Å². The lowest BCUT2D eigenvalue weighted by atomic mass is 10.1. The maximum atomic E-state index is 2.26. The van der Waals surface area contributed by atoms with Gasteiger partial charge in [0.2, 0.25) is 0 Å². The summed E-state index contributed by atoms with van der Waals surface area (Å²) < 4.78 is 0. The normalized spacial score (nSPS) is 10.0. The molecule has 112 valence electrons. The minimum Gasteiger partial charge on any atom is -0.0654 e. The molecule has 18 heavy (non-hydrogen) atoms. The molecule has 0 heteroatoms. The van der Waals surface area contributed by atoms with Crippen molar-refractivity contribution in [3.63, 3.8) is 0 Å². The highest BCUT2D eigenvalue weighted by Gasteiger charge is 1.86. The predicted molar refractivity (Wildman–Crippen MR) is 87.3 cm³/mol. The van der Waals surface area contributed by atoms with Gasteiger partial charge < -0.3 is 0 Å². The third-order valence-electron chi connectivity index (χ3n) is 3.41. The lowest BCUT2D eigenvalue weighted by molar-refractivity contribution is 0.602. The van der Waals surface area contributed by atoms with E-state index in [1.807, 2.05) is 0 Å². The third kappa shape index (κ3) is 25.0. The Morgan fingerprint density at radius 3 is 0.611 bits per heavy atom. The van der Waals surface area contributed by atoms with Crippen LogP contribution in [-0.2, 0) is 0 Å². The lowest BCUT2D eigenvalue weighted by Crippen LogP contribution is -1.76. The Hall–Kier alpha value is 0. The summed E-state index contributed by atoms with van der Waals surface area (Å²) in [5, 5.41) is 0. The average Bonchev–Trinajstić information content (AvgIpc) is 2.39. The van der Waals surface area contributed by atoms with Crippen LogP contribution in [0.25, 0.3) is 0 Å². The van der Waals surface area contributed by atoms with Gasteiger partial charge in [0.05, 0.1) is 0 Å². The zero-order valence-electron chi connectivity index (χ0n) is 13.9. The van der Waals surface area contributed by atoms with Crippen LogP contribution >= 0.6 is 0 Å². The molecule has 0 unspecified atom stereocenters. The van der Waals surface area contributed by atoms with E-state index in [1.54, 1.807) is 0 Å². The maximum absolute atomic E-state index is 2.26. The monoisotopic (exact) mass is 256 g/mol. The second-order valence-corrected chi connectivity index (χ2v) is 5.54. The van der Waals surface area contributed by atoms with Gasteiger partial charge in [-0.1, -0.05) is 118 Å². The van der Waals surface area contributed by atoms with Crippen LogP contribution < -0.4 is 0 Å². The number of rotatable bonds is 12. The Balaban J connectivity index is 0. The summed E-state index contributed by atoms with van der Waals surface area (Å²) in [4.78, 5) is 0. The van der Waals surface area contributed by atoms with E-state index in [1.165, 1.54) is 89.9 Å². The van der Waals surface area contributed by atoms with E-state index in [2.05, 4.69) is 27.7 Å². The van der Waals surface area contributed by atoms with Crippen molar-refractivity contribution in [3.8, 4) is 0 Å². The van der Waals surface area contributed by atoms with Crippen LogP contribution in [0, 0.1) is 0 Å². The Morgan fingerprint density at radius 1 is 0.278 bits per heavy atom. The minimum absolute atomic E-state index is 1.37. The van der Waals surface area contributed by atoms with Crippen molar-refractivity contribution in [1.29, 1.82) is 0 Å². The lowest BCUT2D eigenvalue weighted by Gasteiger charge is -1.96. The zero-order valence-corrected chi connectivity index (χ0v) is 13.9. The quantitative estimate of drug-likeness (QED) is 0.317. The first-order chi connectivity index (χ1) is 8.83. The molecular weight excluding hydrogens is 216 g/mol. The molecule has 0 amide bonds. The first-order valence-electron chi connectivity index (χ1n) is 8.83. The molecule has 0 nitrogen and oxygen atoms in total. The van der Waals surface area contributed by atoms with Crippen molar-refractivity contribution in [2.45, 2.75) is 118 Å². The molecule has 0 aliphatic heterocycles. The molecule has 0 saturated carbocycles. The smallest absolute Gasteiger partial charge is 0.0533 e. The molecule has 0 radical (unpaired) electrons. The van der Waals surface area contributed by atoms with Crippen molar-refractivity contribution >= 4 is 0 Å². The van der Waals surface area contributed by atoms with Crippen molar-refractivity contribution in [1.82, 2.24) is 0 Å². The predicted octanol–water partition coefficient (Wildman–Crippen LogP) is 7.51. The Bertz CT molecular complexity index is 80.6. The second-order valence-electron chi connectivity index (χ2n) is 5.54. The van der Waals surface area contributed by atoms with E-state index in [9.17, 15) is 0 Å². The average molecular weight is 257 g/mol. The van der Waals surface area contributed by atoms with E-state index >= 15 is 0 Å². The highest BCUT2D eigenvalue weighted by Crippen LogP contribution is 2.06. The topological polar surface area (TPSA) is 0 Å². The summed E-state index contributed by atoms with van der Waals surface area (Å²) in [6.45, 7) is 9.05. The molecule has 0 aliphatic rings. The van der Waals surface area contributed by atoms with Crippen LogP contribution in [-0.4, -0.2) is 0 Å². The summed E-state index contributed by atoms with van der Waals surface area (Å²) in [6, 6.07) is 0. The number of hydrogen-bond donors (Lipinski definition) is 0. The molecule has 0 fully saturated rings. The van der Waals surface area contributed by atoms with Crippen molar-refractivity contribution in [2.24, 2.45) is 0 Å². The summed E-state index contributed by atoms with van der Waals surface area (Å²) >= 11 is 0. The van der Waals surface area contributed by atoms with E-state index in [4.69, 9.17) is 0 Å². The first kappa shape index (κ1) is 20.3. The van der Waals surface area contributed by atoms with Gasteiger partial charge in [0.25, 0.3) is 0 Å². The standard InChI is InChI=1S/2C9H20/c2*1-3-5-7-9-8-6-4-2/h2*3-9H2,1-2H3. The summed E-state index contributed by atoms with van der Waals surface area (Å²) in [6.07, 6.45) is 19.9. The summed E-state index contributed by atoms with van der Waals surface area (Å²) in [7, 11) is 0. The molecular formula is C18H40. The van der Waals surface area contributed by atoms with Gasteiger partial charge in [0.1, 0.15) is 0 Å². The fourth-order valence-electron chi connectivity index (χ4n) is 2.06. The minimum atomic E-state index is 1.37. The van der Waals surface area contributed by atoms with Gasteiger partial charge in [-0.2, -0.15) is 0 Å². The van der Waals surface area contributed by atoms with Gasteiger partial charge in [0, 0.05) is 0 Å². The highest BCUT2D eigenvalue weighted by atomic mass is 13.9. The van der Waals surface area contributed by atoms with Crippen molar-refractivity contribution < 1.29 is 0 Å². The van der Waals surface area contributed by atoms with Gasteiger partial charge in [-0.05, 0) is 0 Å². The Kier molecular flexibility index (Phi) is 25.1. The van der Waals surface area contributed by atoms with Gasteiger partial charge in [0.15, 0.2) is 0 Å². The molecule has 0 atom stereocenters. The molecule has 0 saturated heterocycles. The SMILES string of the molecule is CCCCCCCCC.CCCCCCCCC. The van der Waals surface area contributed by atoms with Gasteiger partial charge in [-0.3, -0.25) is 0 Å². The molecule has 0 aromatic heterocycles. The van der Waals surface area contributed by atoms with Gasteiger partial charge >= 0.3 is 0 Å². The van der Waals surface area contributed by atoms with E-state index in [0.29, 0.717) is 0 Å². The molecule has 0 aliphatic carbocycles. The van der Waals surface area contributed by atoms with Crippen LogP contribution in [0.5, 0.6) is 0 Å². The highest BCUT2D eigenvalue weighted by molar-refractivity contribution is 4.42. The number of hydrogen-bond acceptors (Lipinski definition) is 0. The van der Waals surface area contributed by atoms with Crippen LogP contribution in [0.2, 0.25) is 0 Å². The Morgan fingerprint density at radius 2 is 0.444 bits per heavy atom. The van der Waals surface area contributed by atoms with Crippen molar-refractivity contribution in [3.05, 3.63) is 0 Å². The summed E-state index contributed by atoms with van der Waals surface area (Å²) in [5.41, 5.74) is 0. The molecule has 0 N–H and O–H groups in total. The van der Waals surface area contributed by atoms with E-state index < -0.39 is 0 Å². The fourth-order valence-corrected chi connectivity index (χ4v) is 2.06. The van der Waals surface area contributed by atoms with E-state index in [-0.39, 0.29) is 0 Å². The molecule has 0 heterocycles. The van der Waals surface area contributed by atoms with E-state index in [0.717, 1.165) is 0 Å². The van der Waals surface area contributed by atoms with Crippen LogP contribution in [0.4, 0.5) is 0 Å². The van der Waals surface area contributed by atoms with Crippen LogP contribution in [0.15, 0.2) is 0 Å². The number of unbranched alkanes of at least 4 members (excludes halogenated alkanes) is 12. The summed E-state index contributed by atoms with van der Waals surface area (Å²) in [5.74, 6) is 0. The zero-order chi connectivity index (χ0) is 13.9. The van der Waals surface area contributed by atoms with Crippen LogP contribution in [0.1, 0.15) is 118 Å². The van der Waals surface area contributed by atoms with Gasteiger partial charge in [-0.15, -0.1) is 0 Å².